The van der Waals surface area contributed by atoms with Gasteiger partial charge in [-0.2, -0.15) is 0 Å². The zero-order valence-electron chi connectivity index (χ0n) is 15.5. The summed E-state index contributed by atoms with van der Waals surface area (Å²) in [5.74, 6) is 1.38. The topological polar surface area (TPSA) is 41.6 Å². The summed E-state index contributed by atoms with van der Waals surface area (Å²) in [5.41, 5.74) is 4.57. The quantitative estimate of drug-likeness (QED) is 0.901. The predicted molar refractivity (Wildman–Crippen MR) is 103 cm³/mol. The van der Waals surface area contributed by atoms with Crippen LogP contribution in [-0.2, 0) is 6.42 Å². The maximum absolute atomic E-state index is 13.3. The van der Waals surface area contributed by atoms with Gasteiger partial charge < -0.3 is 15.0 Å². The van der Waals surface area contributed by atoms with Gasteiger partial charge in [0.2, 0.25) is 0 Å². The first-order valence-electron chi connectivity index (χ1n) is 9.52. The number of amides is 1. The fourth-order valence-electron chi connectivity index (χ4n) is 4.33. The largest absolute Gasteiger partial charge is 0.492 e. The van der Waals surface area contributed by atoms with Gasteiger partial charge in [0, 0.05) is 24.6 Å². The molecule has 4 rings (SSSR count). The Morgan fingerprint density at radius 2 is 2.00 bits per heavy atom. The highest BCUT2D eigenvalue weighted by Crippen LogP contribution is 2.37. The van der Waals surface area contributed by atoms with Crippen molar-refractivity contribution < 1.29 is 9.53 Å². The number of fused-ring (bicyclic) bond motifs is 3. The third-order valence-corrected chi connectivity index (χ3v) is 5.63. The molecular weight excluding hydrogens is 324 g/mol. The van der Waals surface area contributed by atoms with Crippen LogP contribution in [0.4, 0.5) is 0 Å². The first kappa shape index (κ1) is 17.1. The molecule has 2 heterocycles. The van der Waals surface area contributed by atoms with E-state index in [-0.39, 0.29) is 11.9 Å². The van der Waals surface area contributed by atoms with Crippen molar-refractivity contribution in [3.8, 4) is 5.75 Å². The molecule has 2 aliphatic heterocycles. The normalized spacial score (nSPS) is 21.5. The number of ether oxygens (including phenoxy) is 1. The molecule has 0 unspecified atom stereocenters. The average Bonchev–Trinajstić information content (AvgIpc) is 3.14. The van der Waals surface area contributed by atoms with E-state index in [1.54, 1.807) is 0 Å². The van der Waals surface area contributed by atoms with E-state index in [0.29, 0.717) is 19.1 Å². The monoisotopic (exact) mass is 350 g/mol. The van der Waals surface area contributed by atoms with Gasteiger partial charge in [0.1, 0.15) is 12.4 Å². The molecule has 2 atom stereocenters. The highest BCUT2D eigenvalue weighted by atomic mass is 16.5. The molecule has 0 spiro atoms. The molecule has 1 saturated heterocycles. The van der Waals surface area contributed by atoms with Crippen LogP contribution in [0.3, 0.4) is 0 Å². The Morgan fingerprint density at radius 1 is 1.19 bits per heavy atom. The van der Waals surface area contributed by atoms with Crippen molar-refractivity contribution in [2.45, 2.75) is 32.2 Å². The lowest BCUT2D eigenvalue weighted by Gasteiger charge is -2.39. The van der Waals surface area contributed by atoms with Crippen LogP contribution in [0.25, 0.3) is 0 Å². The maximum Gasteiger partial charge on any atom is 0.254 e. The van der Waals surface area contributed by atoms with Gasteiger partial charge in [0.15, 0.2) is 0 Å². The number of rotatable bonds is 5. The van der Waals surface area contributed by atoms with Gasteiger partial charge in [0.25, 0.3) is 5.91 Å². The summed E-state index contributed by atoms with van der Waals surface area (Å²) in [6.07, 6.45) is 1.00. The lowest BCUT2D eigenvalue weighted by Crippen LogP contribution is -2.50. The minimum Gasteiger partial charge on any atom is -0.492 e. The summed E-state index contributed by atoms with van der Waals surface area (Å²) in [4.78, 5) is 15.3. The third-order valence-electron chi connectivity index (χ3n) is 5.63. The summed E-state index contributed by atoms with van der Waals surface area (Å²) in [6.45, 7) is 7.16. The molecular formula is C22H26N2O2. The van der Waals surface area contributed by atoms with E-state index in [1.165, 1.54) is 11.1 Å². The maximum atomic E-state index is 13.3. The fourth-order valence-corrected chi connectivity index (χ4v) is 4.33. The van der Waals surface area contributed by atoms with Crippen LogP contribution in [0, 0.1) is 6.92 Å². The average molecular weight is 350 g/mol. The van der Waals surface area contributed by atoms with E-state index in [4.69, 9.17) is 4.74 Å². The second-order valence-corrected chi connectivity index (χ2v) is 7.22. The predicted octanol–water partition coefficient (Wildman–Crippen LogP) is 3.15. The Hall–Kier alpha value is -2.33. The Bertz CT molecular complexity index is 803. The summed E-state index contributed by atoms with van der Waals surface area (Å²) >= 11 is 0. The zero-order chi connectivity index (χ0) is 18.1. The highest BCUT2D eigenvalue weighted by Gasteiger charge is 2.42. The Balaban J connectivity index is 1.58. The van der Waals surface area contributed by atoms with Crippen LogP contribution in [-0.4, -0.2) is 43.1 Å². The van der Waals surface area contributed by atoms with Crippen LogP contribution in [0.5, 0.6) is 5.75 Å². The summed E-state index contributed by atoms with van der Waals surface area (Å²) < 4.78 is 5.85. The number of aryl methyl sites for hydroxylation is 2. The summed E-state index contributed by atoms with van der Waals surface area (Å²) in [6, 6.07) is 14.4. The van der Waals surface area contributed by atoms with Crippen molar-refractivity contribution in [1.82, 2.24) is 10.2 Å². The molecule has 0 aromatic heterocycles. The molecule has 0 aliphatic carbocycles. The molecule has 0 saturated carbocycles. The Morgan fingerprint density at radius 3 is 2.77 bits per heavy atom. The van der Waals surface area contributed by atoms with Crippen LogP contribution in [0.15, 0.2) is 42.5 Å². The minimum atomic E-state index is 0.154. The number of nitrogens with zero attached hydrogens (tertiary/aromatic N) is 1. The molecule has 2 aromatic carbocycles. The molecule has 1 amide bonds. The molecule has 136 valence electrons. The van der Waals surface area contributed by atoms with E-state index in [1.807, 2.05) is 35.2 Å². The van der Waals surface area contributed by atoms with Gasteiger partial charge in [-0.25, -0.2) is 0 Å². The van der Waals surface area contributed by atoms with Crippen LogP contribution in [0.1, 0.15) is 39.9 Å². The van der Waals surface area contributed by atoms with Gasteiger partial charge >= 0.3 is 0 Å². The number of para-hydroxylation sites is 1. The van der Waals surface area contributed by atoms with Gasteiger partial charge in [-0.15, -0.1) is 0 Å². The number of hydrogen-bond acceptors (Lipinski definition) is 3. The number of carbonyl (C=O) groups is 1. The van der Waals surface area contributed by atoms with Gasteiger partial charge in [-0.1, -0.05) is 37.3 Å². The third kappa shape index (κ3) is 2.99. The van der Waals surface area contributed by atoms with Crippen molar-refractivity contribution in [2.75, 3.05) is 26.2 Å². The van der Waals surface area contributed by atoms with E-state index < -0.39 is 0 Å². The first-order chi connectivity index (χ1) is 12.7. The lowest BCUT2D eigenvalue weighted by molar-refractivity contribution is 0.0613. The van der Waals surface area contributed by atoms with Crippen molar-refractivity contribution in [1.29, 1.82) is 0 Å². The number of carbonyl (C=O) groups excluding carboxylic acids is 1. The highest BCUT2D eigenvalue weighted by molar-refractivity contribution is 5.99. The number of benzene rings is 2. The van der Waals surface area contributed by atoms with Crippen molar-refractivity contribution in [2.24, 2.45) is 0 Å². The van der Waals surface area contributed by atoms with Crippen LogP contribution >= 0.6 is 0 Å². The van der Waals surface area contributed by atoms with E-state index in [2.05, 4.69) is 31.3 Å². The van der Waals surface area contributed by atoms with Gasteiger partial charge in [-0.05, 0) is 42.2 Å². The van der Waals surface area contributed by atoms with Crippen molar-refractivity contribution in [3.63, 3.8) is 0 Å². The molecule has 26 heavy (non-hydrogen) atoms. The summed E-state index contributed by atoms with van der Waals surface area (Å²) in [5, 5.41) is 3.49. The second kappa shape index (κ2) is 7.12. The molecule has 1 fully saturated rings. The second-order valence-electron chi connectivity index (χ2n) is 7.22. The fraction of sp³-hybridized carbons (Fsp3) is 0.409. The van der Waals surface area contributed by atoms with Crippen LogP contribution < -0.4 is 10.1 Å². The zero-order valence-corrected chi connectivity index (χ0v) is 15.5. The van der Waals surface area contributed by atoms with Crippen LogP contribution in [0.2, 0.25) is 0 Å². The van der Waals surface area contributed by atoms with E-state index >= 15 is 0 Å². The Kier molecular flexibility index (Phi) is 4.68. The number of nitrogens with one attached hydrogen (secondary N) is 1. The molecule has 2 aliphatic rings. The first-order valence-corrected chi connectivity index (χ1v) is 9.52. The van der Waals surface area contributed by atoms with Gasteiger partial charge in [-0.3, -0.25) is 4.79 Å². The molecule has 4 heteroatoms. The van der Waals surface area contributed by atoms with Gasteiger partial charge in [0.05, 0.1) is 12.6 Å². The summed E-state index contributed by atoms with van der Waals surface area (Å²) in [7, 11) is 0. The molecule has 4 nitrogen and oxygen atoms in total. The van der Waals surface area contributed by atoms with E-state index in [9.17, 15) is 4.79 Å². The molecule has 1 N–H and O–H groups in total. The lowest BCUT2D eigenvalue weighted by atomic mass is 9.81. The van der Waals surface area contributed by atoms with E-state index in [0.717, 1.165) is 36.4 Å². The number of hydrogen-bond donors (Lipinski definition) is 1. The SMILES string of the molecule is CCc1cc(C)c2c(c1)[C@@H]1CNC[C@H]1N(CCOc1ccccc1)C2=O. The standard InChI is InChI=1S/C22H26N2O2/c1-3-16-11-15(2)21-18(12-16)19-13-23-14-20(19)24(22(21)25)9-10-26-17-7-5-4-6-8-17/h4-8,11-12,19-20,23H,3,9-10,13-14H2,1-2H3/t19-,20+/m0/s1. The molecule has 0 radical (unpaired) electrons. The van der Waals surface area contributed by atoms with Crippen molar-refractivity contribution >= 4 is 5.91 Å². The Labute approximate surface area is 155 Å². The van der Waals surface area contributed by atoms with Crippen molar-refractivity contribution in [3.05, 3.63) is 64.7 Å². The smallest absolute Gasteiger partial charge is 0.254 e. The molecule has 0 bridgehead atoms. The minimum absolute atomic E-state index is 0.154. The molecule has 2 aromatic rings.